The molecule has 0 atom stereocenters. The van der Waals surface area contributed by atoms with Gasteiger partial charge in [-0.25, -0.2) is 4.98 Å². The quantitative estimate of drug-likeness (QED) is 0.669. The number of thiophene rings is 1. The van der Waals surface area contributed by atoms with E-state index in [-0.39, 0.29) is 0 Å². The summed E-state index contributed by atoms with van der Waals surface area (Å²) < 4.78 is 1.78. The minimum absolute atomic E-state index is 0.816. The van der Waals surface area contributed by atoms with Crippen molar-refractivity contribution in [2.45, 2.75) is 6.92 Å². The molecule has 0 aliphatic rings. The minimum atomic E-state index is 0.816. The maximum absolute atomic E-state index is 4.31. The van der Waals surface area contributed by atoms with E-state index in [0.29, 0.717) is 0 Å². The zero-order valence-corrected chi connectivity index (χ0v) is 7.80. The van der Waals surface area contributed by atoms with E-state index >= 15 is 0 Å². The molecule has 2 aromatic rings. The Kier molecular flexibility index (Phi) is 1.69. The molecule has 0 amide bonds. The Labute approximate surface area is 74.7 Å². The second-order valence-corrected chi connectivity index (χ2v) is 3.40. The van der Waals surface area contributed by atoms with E-state index in [4.69, 9.17) is 0 Å². The summed E-state index contributed by atoms with van der Waals surface area (Å²) in [6, 6.07) is 2.03. The molecule has 4 heteroatoms. The summed E-state index contributed by atoms with van der Waals surface area (Å²) in [6.45, 7) is 1.95. The molecule has 12 heavy (non-hydrogen) atoms. The molecule has 0 spiro atoms. The lowest BCUT2D eigenvalue weighted by Crippen LogP contribution is -1.92. The highest BCUT2D eigenvalue weighted by atomic mass is 32.1. The van der Waals surface area contributed by atoms with Crippen molar-refractivity contribution in [1.29, 1.82) is 0 Å². The van der Waals surface area contributed by atoms with Gasteiger partial charge in [0, 0.05) is 18.0 Å². The molecule has 2 rings (SSSR count). The van der Waals surface area contributed by atoms with Crippen molar-refractivity contribution < 1.29 is 0 Å². The van der Waals surface area contributed by atoms with Crippen molar-refractivity contribution in [3.63, 3.8) is 0 Å². The zero-order chi connectivity index (χ0) is 8.55. The molecular formula is C8H9N3S. The predicted octanol–water partition coefficient (Wildman–Crippen LogP) is 1.85. The molecule has 2 aromatic heterocycles. The van der Waals surface area contributed by atoms with Gasteiger partial charge in [-0.15, -0.1) is 0 Å². The summed E-state index contributed by atoms with van der Waals surface area (Å²) in [5.74, 6) is 1.76. The molecule has 3 nitrogen and oxygen atoms in total. The topological polar surface area (TPSA) is 30.7 Å². The lowest BCUT2D eigenvalue weighted by Gasteiger charge is -1.86. The number of hydrogen-bond acceptors (Lipinski definition) is 3. The average molecular weight is 179 g/mol. The van der Waals surface area contributed by atoms with Gasteiger partial charge in [-0.1, -0.05) is 0 Å². The van der Waals surface area contributed by atoms with Gasteiger partial charge < -0.3 is 0 Å². The monoisotopic (exact) mass is 179 g/mol. The molecule has 62 valence electrons. The van der Waals surface area contributed by atoms with E-state index in [2.05, 4.69) is 15.5 Å². The minimum Gasteiger partial charge on any atom is -0.253 e. The summed E-state index contributed by atoms with van der Waals surface area (Å²) in [7, 11) is 1.90. The average Bonchev–Trinajstić information content (AvgIpc) is 2.61. The van der Waals surface area contributed by atoms with Crippen LogP contribution in [-0.4, -0.2) is 14.8 Å². The van der Waals surface area contributed by atoms with E-state index in [1.165, 1.54) is 0 Å². The van der Waals surface area contributed by atoms with Gasteiger partial charge in [0.05, 0.1) is 0 Å². The van der Waals surface area contributed by atoms with Crippen LogP contribution in [0.1, 0.15) is 5.82 Å². The fourth-order valence-electron chi connectivity index (χ4n) is 0.976. The molecule has 0 saturated heterocycles. The van der Waals surface area contributed by atoms with Crippen LogP contribution in [0.25, 0.3) is 11.4 Å². The molecule has 0 fully saturated rings. The maximum Gasteiger partial charge on any atom is 0.182 e. The van der Waals surface area contributed by atoms with Crippen LogP contribution in [0.3, 0.4) is 0 Å². The zero-order valence-electron chi connectivity index (χ0n) is 6.98. The Morgan fingerprint density at radius 2 is 2.33 bits per heavy atom. The molecule has 0 bridgehead atoms. The van der Waals surface area contributed by atoms with Gasteiger partial charge in [0.15, 0.2) is 5.82 Å². The number of rotatable bonds is 1. The van der Waals surface area contributed by atoms with E-state index in [1.807, 2.05) is 25.4 Å². The first kappa shape index (κ1) is 7.49. The Balaban J connectivity index is 2.48. The lowest BCUT2D eigenvalue weighted by molar-refractivity contribution is 0.736. The van der Waals surface area contributed by atoms with E-state index in [9.17, 15) is 0 Å². The van der Waals surface area contributed by atoms with Crippen LogP contribution in [0.5, 0.6) is 0 Å². The third-order valence-corrected chi connectivity index (χ3v) is 2.44. The molecule has 0 unspecified atom stereocenters. The molecule has 0 aliphatic carbocycles. The third-order valence-electron chi connectivity index (χ3n) is 1.76. The van der Waals surface area contributed by atoms with Crippen molar-refractivity contribution >= 4 is 11.3 Å². The normalized spacial score (nSPS) is 10.5. The van der Waals surface area contributed by atoms with Crippen LogP contribution in [0.4, 0.5) is 0 Å². The predicted molar refractivity (Wildman–Crippen MR) is 49.1 cm³/mol. The van der Waals surface area contributed by atoms with Crippen molar-refractivity contribution in [2.75, 3.05) is 0 Å². The van der Waals surface area contributed by atoms with Crippen LogP contribution in [0.2, 0.25) is 0 Å². The molecule has 0 aromatic carbocycles. The second-order valence-electron chi connectivity index (χ2n) is 2.62. The Morgan fingerprint density at radius 3 is 2.83 bits per heavy atom. The van der Waals surface area contributed by atoms with Gasteiger partial charge in [-0.2, -0.15) is 16.4 Å². The van der Waals surface area contributed by atoms with Crippen molar-refractivity contribution in [3.05, 3.63) is 22.7 Å². The molecular weight excluding hydrogens is 170 g/mol. The fraction of sp³-hybridized carbons (Fsp3) is 0.250. The van der Waals surface area contributed by atoms with Gasteiger partial charge in [-0.3, -0.25) is 4.68 Å². The van der Waals surface area contributed by atoms with Gasteiger partial charge in [0.25, 0.3) is 0 Å². The summed E-state index contributed by atoms with van der Waals surface area (Å²) in [5, 5.41) is 8.34. The SMILES string of the molecule is Cc1nc(-c2ccsc2)nn1C. The molecule has 0 saturated carbocycles. The summed E-state index contributed by atoms with van der Waals surface area (Å²) in [5.41, 5.74) is 1.10. The van der Waals surface area contributed by atoms with E-state index in [1.54, 1.807) is 16.0 Å². The number of hydrogen-bond donors (Lipinski definition) is 0. The summed E-state index contributed by atoms with van der Waals surface area (Å²) in [4.78, 5) is 4.31. The Morgan fingerprint density at radius 1 is 1.50 bits per heavy atom. The van der Waals surface area contributed by atoms with Crippen LogP contribution >= 0.6 is 11.3 Å². The third kappa shape index (κ3) is 1.14. The standard InChI is InChI=1S/C8H9N3S/c1-6-9-8(10-11(6)2)7-3-4-12-5-7/h3-5H,1-2H3. The van der Waals surface area contributed by atoms with Crippen molar-refractivity contribution in [3.8, 4) is 11.4 Å². The van der Waals surface area contributed by atoms with Gasteiger partial charge in [0.1, 0.15) is 5.82 Å². The van der Waals surface area contributed by atoms with Gasteiger partial charge >= 0.3 is 0 Å². The van der Waals surface area contributed by atoms with Crippen LogP contribution in [0.15, 0.2) is 16.8 Å². The van der Waals surface area contributed by atoms with Crippen LogP contribution in [-0.2, 0) is 7.05 Å². The van der Waals surface area contributed by atoms with E-state index in [0.717, 1.165) is 17.2 Å². The molecule has 0 N–H and O–H groups in total. The molecule has 0 radical (unpaired) electrons. The number of aromatic nitrogens is 3. The number of nitrogens with zero attached hydrogens (tertiary/aromatic N) is 3. The highest BCUT2D eigenvalue weighted by Gasteiger charge is 2.04. The Hall–Kier alpha value is -1.16. The van der Waals surface area contributed by atoms with Crippen LogP contribution < -0.4 is 0 Å². The Bertz CT molecular complexity index is 355. The molecule has 2 heterocycles. The fourth-order valence-corrected chi connectivity index (χ4v) is 1.61. The smallest absolute Gasteiger partial charge is 0.182 e. The van der Waals surface area contributed by atoms with Crippen LogP contribution in [0, 0.1) is 6.92 Å². The molecule has 0 aliphatic heterocycles. The van der Waals surface area contributed by atoms with E-state index < -0.39 is 0 Å². The lowest BCUT2D eigenvalue weighted by atomic mass is 10.3. The highest BCUT2D eigenvalue weighted by molar-refractivity contribution is 7.08. The maximum atomic E-state index is 4.31. The first-order chi connectivity index (χ1) is 5.77. The number of aryl methyl sites for hydroxylation is 2. The summed E-state index contributed by atoms with van der Waals surface area (Å²) >= 11 is 1.66. The first-order valence-electron chi connectivity index (χ1n) is 3.67. The highest BCUT2D eigenvalue weighted by Crippen LogP contribution is 2.17. The largest absolute Gasteiger partial charge is 0.253 e. The van der Waals surface area contributed by atoms with Crippen molar-refractivity contribution in [2.24, 2.45) is 7.05 Å². The van der Waals surface area contributed by atoms with Crippen molar-refractivity contribution in [1.82, 2.24) is 14.8 Å². The second kappa shape index (κ2) is 2.71. The first-order valence-corrected chi connectivity index (χ1v) is 4.62. The van der Waals surface area contributed by atoms with Gasteiger partial charge in [0.2, 0.25) is 0 Å². The summed E-state index contributed by atoms with van der Waals surface area (Å²) in [6.07, 6.45) is 0. The van der Waals surface area contributed by atoms with Gasteiger partial charge in [-0.05, 0) is 18.4 Å².